The summed E-state index contributed by atoms with van der Waals surface area (Å²) in [5, 5.41) is 6.76. The number of rotatable bonds is 6. The highest BCUT2D eigenvalue weighted by Crippen LogP contribution is 2.27. The highest BCUT2D eigenvalue weighted by atomic mass is 79.9. The standard InChI is InChI=1S/C23H31BrN6O/c1-29-13-11-19(12-14-29)30(2)22(31)16-7-9-18(10-8-16)27-23-25-15-20(24)21(28-23)26-17-5-3-4-6-17/h7-10,15,17,19H,3-6,11-14H2,1-2H3,(H2,25,26,27,28). The lowest BCUT2D eigenvalue weighted by Gasteiger charge is -2.35. The summed E-state index contributed by atoms with van der Waals surface area (Å²) in [5.41, 5.74) is 1.56. The fourth-order valence-electron chi connectivity index (χ4n) is 4.37. The van der Waals surface area contributed by atoms with Crippen molar-refractivity contribution in [3.8, 4) is 0 Å². The van der Waals surface area contributed by atoms with Gasteiger partial charge in [0.2, 0.25) is 5.95 Å². The van der Waals surface area contributed by atoms with Crippen molar-refractivity contribution in [1.29, 1.82) is 0 Å². The summed E-state index contributed by atoms with van der Waals surface area (Å²) >= 11 is 3.54. The molecule has 2 heterocycles. The third kappa shape index (κ3) is 5.54. The number of piperidine rings is 1. The van der Waals surface area contributed by atoms with Crippen molar-refractivity contribution >= 4 is 39.3 Å². The first-order valence-corrected chi connectivity index (χ1v) is 11.9. The number of hydrogen-bond donors (Lipinski definition) is 2. The Labute approximate surface area is 192 Å². The molecule has 2 aliphatic rings. The van der Waals surface area contributed by atoms with Crippen LogP contribution in [0.1, 0.15) is 48.9 Å². The molecule has 1 saturated heterocycles. The quantitative estimate of drug-likeness (QED) is 0.625. The number of amides is 1. The molecule has 2 fully saturated rings. The number of nitrogens with one attached hydrogen (secondary N) is 2. The van der Waals surface area contributed by atoms with Crippen LogP contribution in [0.25, 0.3) is 0 Å². The number of halogens is 1. The van der Waals surface area contributed by atoms with Crippen LogP contribution in [0.2, 0.25) is 0 Å². The topological polar surface area (TPSA) is 73.4 Å². The van der Waals surface area contributed by atoms with E-state index in [0.29, 0.717) is 23.6 Å². The zero-order valence-electron chi connectivity index (χ0n) is 18.3. The molecule has 0 radical (unpaired) electrons. The molecular weight excluding hydrogens is 456 g/mol. The molecule has 4 rings (SSSR count). The molecule has 0 bridgehead atoms. The third-order valence-corrected chi connectivity index (χ3v) is 6.96. The van der Waals surface area contributed by atoms with E-state index in [-0.39, 0.29) is 5.91 Å². The maximum Gasteiger partial charge on any atom is 0.253 e. The molecule has 0 spiro atoms. The van der Waals surface area contributed by atoms with Gasteiger partial charge < -0.3 is 20.4 Å². The Hall–Kier alpha value is -2.19. The zero-order chi connectivity index (χ0) is 21.8. The number of carbonyl (C=O) groups excluding carboxylic acids is 1. The van der Waals surface area contributed by atoms with Crippen LogP contribution in [-0.4, -0.2) is 64.9 Å². The largest absolute Gasteiger partial charge is 0.366 e. The summed E-state index contributed by atoms with van der Waals surface area (Å²) in [5.74, 6) is 1.42. The Morgan fingerprint density at radius 1 is 1.13 bits per heavy atom. The van der Waals surface area contributed by atoms with E-state index in [9.17, 15) is 4.79 Å². The first kappa shape index (κ1) is 22.0. The predicted octanol–water partition coefficient (Wildman–Crippen LogP) is 4.50. The molecule has 31 heavy (non-hydrogen) atoms. The fraction of sp³-hybridized carbons (Fsp3) is 0.522. The highest BCUT2D eigenvalue weighted by molar-refractivity contribution is 9.10. The van der Waals surface area contributed by atoms with Gasteiger partial charge in [0.25, 0.3) is 5.91 Å². The minimum Gasteiger partial charge on any atom is -0.366 e. The van der Waals surface area contributed by atoms with Crippen LogP contribution in [-0.2, 0) is 0 Å². The van der Waals surface area contributed by atoms with Gasteiger partial charge in [-0.05, 0) is 86.0 Å². The smallest absolute Gasteiger partial charge is 0.253 e. The van der Waals surface area contributed by atoms with Gasteiger partial charge in [0, 0.05) is 36.6 Å². The van der Waals surface area contributed by atoms with E-state index < -0.39 is 0 Å². The maximum atomic E-state index is 12.9. The summed E-state index contributed by atoms with van der Waals surface area (Å²) in [6.45, 7) is 2.08. The number of likely N-dealkylation sites (tertiary alicyclic amines) is 1. The molecule has 2 aromatic rings. The van der Waals surface area contributed by atoms with Crippen molar-refractivity contribution < 1.29 is 4.79 Å². The van der Waals surface area contributed by atoms with E-state index in [0.717, 1.165) is 41.9 Å². The predicted molar refractivity (Wildman–Crippen MR) is 128 cm³/mol. The van der Waals surface area contributed by atoms with E-state index in [4.69, 9.17) is 0 Å². The van der Waals surface area contributed by atoms with Crippen LogP contribution in [0.15, 0.2) is 34.9 Å². The molecule has 1 aromatic heterocycles. The average Bonchev–Trinajstić information content (AvgIpc) is 3.29. The van der Waals surface area contributed by atoms with Crippen LogP contribution in [0.4, 0.5) is 17.5 Å². The number of hydrogen-bond acceptors (Lipinski definition) is 6. The lowest BCUT2D eigenvalue weighted by molar-refractivity contribution is 0.0659. The minimum atomic E-state index is 0.0732. The summed E-state index contributed by atoms with van der Waals surface area (Å²) in [6, 6.07) is 8.34. The van der Waals surface area contributed by atoms with E-state index in [2.05, 4.69) is 48.5 Å². The van der Waals surface area contributed by atoms with Gasteiger partial charge in [-0.15, -0.1) is 0 Å². The van der Waals surface area contributed by atoms with Crippen molar-refractivity contribution in [3.05, 3.63) is 40.5 Å². The third-order valence-electron chi connectivity index (χ3n) is 6.38. The number of benzene rings is 1. The van der Waals surface area contributed by atoms with Crippen molar-refractivity contribution in [2.45, 2.75) is 50.6 Å². The first-order chi connectivity index (χ1) is 15.0. The van der Waals surface area contributed by atoms with Gasteiger partial charge in [-0.2, -0.15) is 4.98 Å². The summed E-state index contributed by atoms with van der Waals surface area (Å²) in [7, 11) is 4.05. The second kappa shape index (κ2) is 9.96. The Balaban J connectivity index is 1.38. The molecule has 1 aliphatic heterocycles. The monoisotopic (exact) mass is 486 g/mol. The van der Waals surface area contributed by atoms with Gasteiger partial charge in [0.1, 0.15) is 5.82 Å². The lowest BCUT2D eigenvalue weighted by Crippen LogP contribution is -2.44. The van der Waals surface area contributed by atoms with Gasteiger partial charge in [-0.3, -0.25) is 4.79 Å². The van der Waals surface area contributed by atoms with Crippen LogP contribution in [0.3, 0.4) is 0 Å². The van der Waals surface area contributed by atoms with Crippen LogP contribution >= 0.6 is 15.9 Å². The molecule has 7 nitrogen and oxygen atoms in total. The van der Waals surface area contributed by atoms with Crippen molar-refractivity contribution in [1.82, 2.24) is 19.8 Å². The molecule has 1 saturated carbocycles. The minimum absolute atomic E-state index is 0.0732. The molecule has 1 amide bonds. The number of nitrogens with zero attached hydrogens (tertiary/aromatic N) is 4. The normalized spacial score (nSPS) is 18.2. The molecule has 0 atom stereocenters. The SMILES string of the molecule is CN1CCC(N(C)C(=O)c2ccc(Nc3ncc(Br)c(NC4CCCC4)n3)cc2)CC1. The zero-order valence-corrected chi connectivity index (χ0v) is 19.9. The number of carbonyl (C=O) groups is 1. The van der Waals surface area contributed by atoms with E-state index in [1.807, 2.05) is 36.2 Å². The van der Waals surface area contributed by atoms with E-state index in [1.165, 1.54) is 25.7 Å². The Morgan fingerprint density at radius 2 is 1.81 bits per heavy atom. The second-order valence-corrected chi connectivity index (χ2v) is 9.52. The number of anilines is 3. The Kier molecular flexibility index (Phi) is 7.07. The summed E-state index contributed by atoms with van der Waals surface area (Å²) in [4.78, 5) is 26.1. The Bertz CT molecular complexity index is 891. The van der Waals surface area contributed by atoms with Crippen molar-refractivity contribution in [2.24, 2.45) is 0 Å². The van der Waals surface area contributed by atoms with Crippen molar-refractivity contribution in [3.63, 3.8) is 0 Å². The maximum absolute atomic E-state index is 12.9. The summed E-state index contributed by atoms with van der Waals surface area (Å²) in [6.07, 6.45) is 8.71. The van der Waals surface area contributed by atoms with Crippen LogP contribution < -0.4 is 10.6 Å². The molecule has 8 heteroatoms. The van der Waals surface area contributed by atoms with E-state index in [1.54, 1.807) is 6.20 Å². The van der Waals surface area contributed by atoms with E-state index >= 15 is 0 Å². The summed E-state index contributed by atoms with van der Waals surface area (Å²) < 4.78 is 0.864. The molecule has 2 N–H and O–H groups in total. The first-order valence-electron chi connectivity index (χ1n) is 11.1. The molecular formula is C23H31BrN6O. The molecule has 1 aromatic carbocycles. The van der Waals surface area contributed by atoms with Gasteiger partial charge in [0.05, 0.1) is 4.47 Å². The fourth-order valence-corrected chi connectivity index (χ4v) is 4.67. The van der Waals surface area contributed by atoms with Gasteiger partial charge in [-0.25, -0.2) is 4.98 Å². The van der Waals surface area contributed by atoms with Gasteiger partial charge in [-0.1, -0.05) is 12.8 Å². The highest BCUT2D eigenvalue weighted by Gasteiger charge is 2.24. The number of aromatic nitrogens is 2. The van der Waals surface area contributed by atoms with Gasteiger partial charge in [0.15, 0.2) is 0 Å². The second-order valence-electron chi connectivity index (χ2n) is 8.67. The molecule has 1 aliphatic carbocycles. The molecule has 166 valence electrons. The van der Waals surface area contributed by atoms with Crippen LogP contribution in [0.5, 0.6) is 0 Å². The molecule has 0 unspecified atom stereocenters. The lowest BCUT2D eigenvalue weighted by atomic mass is 10.0. The average molecular weight is 487 g/mol. The van der Waals surface area contributed by atoms with Gasteiger partial charge >= 0.3 is 0 Å². The Morgan fingerprint density at radius 3 is 2.48 bits per heavy atom. The van der Waals surface area contributed by atoms with Crippen molar-refractivity contribution in [2.75, 3.05) is 37.8 Å². The van der Waals surface area contributed by atoms with Crippen LogP contribution in [0, 0.1) is 0 Å².